The van der Waals surface area contributed by atoms with Crippen LogP contribution < -0.4 is 30.5 Å². The molecule has 2 aromatic carbocycles. The fraction of sp³-hybridized carbons (Fsp3) is 0.463. The van der Waals surface area contributed by atoms with Crippen LogP contribution in [0.3, 0.4) is 0 Å². The number of carbonyl (C=O) groups excluding carboxylic acids is 4. The molecule has 3 aromatic rings. The van der Waals surface area contributed by atoms with E-state index in [4.69, 9.17) is 4.74 Å². The highest BCUT2D eigenvalue weighted by Crippen LogP contribution is 2.43. The predicted octanol–water partition coefficient (Wildman–Crippen LogP) is 6.24. The molecule has 1 aromatic heterocycles. The zero-order valence-electron chi connectivity index (χ0n) is 33.0. The van der Waals surface area contributed by atoms with Crippen LogP contribution in [-0.2, 0) is 31.8 Å². The minimum Gasteiger partial charge on any atom is -0.493 e. The number of nitrogens with zero attached hydrogens (tertiary/aromatic N) is 5. The van der Waals surface area contributed by atoms with Crippen molar-refractivity contribution in [2.75, 3.05) is 40.1 Å². The summed E-state index contributed by atoms with van der Waals surface area (Å²) in [5, 5.41) is 17.1. The summed E-state index contributed by atoms with van der Waals surface area (Å²) < 4.78 is 62.2. The Hall–Kier alpha value is -5.41. The summed E-state index contributed by atoms with van der Waals surface area (Å²) in [4.78, 5) is 58.9. The molecule has 13 nitrogen and oxygen atoms in total. The van der Waals surface area contributed by atoms with Crippen LogP contribution in [0.15, 0.2) is 48.7 Å². The summed E-state index contributed by atoms with van der Waals surface area (Å²) in [5.41, 5.74) is -2.42. The molecule has 3 fully saturated rings. The van der Waals surface area contributed by atoms with Crippen LogP contribution in [0.1, 0.15) is 76.6 Å². The molecule has 3 saturated heterocycles. The van der Waals surface area contributed by atoms with Crippen LogP contribution >= 0.6 is 12.6 Å². The summed E-state index contributed by atoms with van der Waals surface area (Å²) >= 11 is 4.69. The van der Waals surface area contributed by atoms with E-state index in [0.29, 0.717) is 49.0 Å². The number of anilines is 4. The lowest BCUT2D eigenvalue weighted by Gasteiger charge is -2.37. The number of halogens is 4. The number of rotatable bonds is 12. The Morgan fingerprint density at radius 3 is 2.56 bits per heavy atom. The monoisotopic (exact) mass is 838 g/mol. The molecule has 4 amide bonds. The van der Waals surface area contributed by atoms with Gasteiger partial charge in [0.25, 0.3) is 5.91 Å². The first-order chi connectivity index (χ1) is 27.9. The summed E-state index contributed by atoms with van der Waals surface area (Å²) in [7, 11) is 0. The number of likely N-dealkylation sites (tertiary alicyclic amines) is 1. The molecular weight excluding hydrogens is 793 g/mol. The average Bonchev–Trinajstić information content (AvgIpc) is 3.36. The van der Waals surface area contributed by atoms with E-state index in [2.05, 4.69) is 38.5 Å². The molecule has 4 heterocycles. The van der Waals surface area contributed by atoms with Gasteiger partial charge in [-0.25, -0.2) is 9.37 Å². The minimum atomic E-state index is -4.85. The number of amides is 4. The Morgan fingerprint density at radius 2 is 1.88 bits per heavy atom. The Balaban J connectivity index is 1.02. The SMILES string of the molecule is CCc1cc(N2[C@@H](S)N(c3cnc(C#N)c(C(F)(F)F)c3)C(=O)C2(C)C)ccc1OCC[C@@H]1CCN(CC(=O)Nc2cc(NC3CCC(=O)NC3=O)ccc2F)[C@H](C)C1. The van der Waals surface area contributed by atoms with E-state index in [1.165, 1.54) is 24.3 Å². The van der Waals surface area contributed by atoms with Crippen molar-refractivity contribution < 1.29 is 41.5 Å². The van der Waals surface area contributed by atoms with Gasteiger partial charge < -0.3 is 20.3 Å². The summed E-state index contributed by atoms with van der Waals surface area (Å²) in [6.45, 7) is 8.52. The zero-order chi connectivity index (χ0) is 42.8. The molecule has 3 N–H and O–H groups in total. The average molecular weight is 839 g/mol. The van der Waals surface area contributed by atoms with Gasteiger partial charge in [-0.1, -0.05) is 6.92 Å². The number of nitriles is 1. The molecule has 3 aliphatic heterocycles. The van der Waals surface area contributed by atoms with Crippen molar-refractivity contribution in [3.63, 3.8) is 0 Å². The molecule has 314 valence electrons. The van der Waals surface area contributed by atoms with Crippen molar-refractivity contribution in [1.29, 1.82) is 5.26 Å². The standard InChI is InChI=1S/C41H46F4N8O5S/c1-5-25-17-27(53-39(59)52(38(57)40(53,3)4)28-19-29(41(43,44)45)33(20-46)47-21-28)7-10-34(25)58-15-13-24-12-14-51(23(2)16-24)22-36(55)49-32-18-26(6-8-30(32)42)48-31-9-11-35(54)50-37(31)56/h6-8,10,17-19,21,23-24,31,39,48,59H,5,9,11-16,22H2,1-4H3,(H,49,55)(H,50,54,56)/t23-,24+,31?,39+/m1/s1. The number of nitrogens with one attached hydrogen (secondary N) is 3. The van der Waals surface area contributed by atoms with Gasteiger partial charge in [0.05, 0.1) is 36.3 Å². The van der Waals surface area contributed by atoms with Gasteiger partial charge in [0.1, 0.15) is 29.2 Å². The minimum absolute atomic E-state index is 0.0138. The summed E-state index contributed by atoms with van der Waals surface area (Å²) in [5.74, 6) is -1.26. The number of benzene rings is 2. The number of imide groups is 1. The second-order valence-corrected chi connectivity index (χ2v) is 16.0. The maximum absolute atomic E-state index is 14.7. The normalized spacial score (nSPS) is 22.2. The number of aryl methyl sites for hydroxylation is 1. The second kappa shape index (κ2) is 17.4. The maximum atomic E-state index is 14.7. The van der Waals surface area contributed by atoms with E-state index < -0.39 is 52.1 Å². The van der Waals surface area contributed by atoms with Crippen molar-refractivity contribution in [3.05, 3.63) is 71.3 Å². The van der Waals surface area contributed by atoms with Gasteiger partial charge in [0.15, 0.2) is 11.2 Å². The molecule has 1 unspecified atom stereocenters. The molecule has 18 heteroatoms. The molecule has 0 aliphatic carbocycles. The number of thiol groups is 1. The molecule has 59 heavy (non-hydrogen) atoms. The predicted molar refractivity (Wildman–Crippen MR) is 215 cm³/mol. The second-order valence-electron chi connectivity index (χ2n) is 15.5. The van der Waals surface area contributed by atoms with Crippen LogP contribution in [0.5, 0.6) is 5.75 Å². The molecule has 0 bridgehead atoms. The number of pyridine rings is 1. The number of alkyl halides is 3. The number of ether oxygens (including phenoxy) is 1. The highest BCUT2D eigenvalue weighted by atomic mass is 32.1. The van der Waals surface area contributed by atoms with Gasteiger partial charge in [0.2, 0.25) is 17.7 Å². The molecule has 0 saturated carbocycles. The van der Waals surface area contributed by atoms with Crippen molar-refractivity contribution in [2.45, 2.75) is 95.5 Å². The number of aromatic nitrogens is 1. The molecule has 4 atom stereocenters. The quantitative estimate of drug-likeness (QED) is 0.0934. The van der Waals surface area contributed by atoms with Crippen molar-refractivity contribution >= 4 is 59.0 Å². The molecule has 6 rings (SSSR count). The first-order valence-electron chi connectivity index (χ1n) is 19.4. The number of carbonyl (C=O) groups is 4. The van der Waals surface area contributed by atoms with E-state index in [9.17, 15) is 42.0 Å². The van der Waals surface area contributed by atoms with Gasteiger partial charge in [-0.05, 0) is 113 Å². The number of hydrogen-bond donors (Lipinski definition) is 4. The van der Waals surface area contributed by atoms with Crippen LogP contribution in [0.25, 0.3) is 0 Å². The van der Waals surface area contributed by atoms with Crippen molar-refractivity contribution in [3.8, 4) is 11.8 Å². The Labute approximate surface area is 344 Å². The third-order valence-corrected chi connectivity index (χ3v) is 11.6. The first-order valence-corrected chi connectivity index (χ1v) is 19.9. The fourth-order valence-electron chi connectivity index (χ4n) is 7.91. The third-order valence-electron chi connectivity index (χ3n) is 11.1. The lowest BCUT2D eigenvalue weighted by atomic mass is 9.89. The maximum Gasteiger partial charge on any atom is 0.419 e. The Morgan fingerprint density at radius 1 is 1.12 bits per heavy atom. The van der Waals surface area contributed by atoms with E-state index >= 15 is 0 Å². The lowest BCUT2D eigenvalue weighted by molar-refractivity contribution is -0.138. The highest BCUT2D eigenvalue weighted by Gasteiger charge is 2.52. The van der Waals surface area contributed by atoms with Gasteiger partial charge in [-0.2, -0.15) is 18.4 Å². The van der Waals surface area contributed by atoms with Crippen LogP contribution in [-0.4, -0.2) is 76.3 Å². The topological polar surface area (TPSA) is 160 Å². The first kappa shape index (κ1) is 43.2. The van der Waals surface area contributed by atoms with Gasteiger partial charge >= 0.3 is 6.18 Å². The van der Waals surface area contributed by atoms with E-state index in [1.54, 1.807) is 24.8 Å². The molecule has 3 aliphatic rings. The third kappa shape index (κ3) is 9.41. The summed E-state index contributed by atoms with van der Waals surface area (Å²) in [6.07, 6.45) is -0.252. The van der Waals surface area contributed by atoms with Crippen LogP contribution in [0, 0.1) is 23.1 Å². The van der Waals surface area contributed by atoms with Gasteiger partial charge in [-0.3, -0.25) is 34.3 Å². The number of piperidine rings is 2. The molecular formula is C41H46F4N8O5S. The number of hydrogen-bond acceptors (Lipinski definition) is 11. The van der Waals surface area contributed by atoms with Crippen molar-refractivity contribution in [2.24, 2.45) is 5.92 Å². The Bertz CT molecular complexity index is 2160. The smallest absolute Gasteiger partial charge is 0.419 e. The molecule has 0 radical (unpaired) electrons. The fourth-order valence-corrected chi connectivity index (χ4v) is 8.57. The van der Waals surface area contributed by atoms with E-state index in [-0.39, 0.29) is 42.2 Å². The summed E-state index contributed by atoms with van der Waals surface area (Å²) in [6, 6.07) is 11.2. The van der Waals surface area contributed by atoms with Gasteiger partial charge in [0, 0.05) is 23.8 Å². The van der Waals surface area contributed by atoms with Crippen LogP contribution in [0.2, 0.25) is 0 Å². The van der Waals surface area contributed by atoms with Crippen LogP contribution in [0.4, 0.5) is 40.3 Å². The largest absolute Gasteiger partial charge is 0.493 e. The van der Waals surface area contributed by atoms with E-state index in [0.717, 1.165) is 42.0 Å². The molecule has 0 spiro atoms. The zero-order valence-corrected chi connectivity index (χ0v) is 33.9. The Kier molecular flexibility index (Phi) is 12.8. The lowest BCUT2D eigenvalue weighted by Crippen LogP contribution is -2.47. The van der Waals surface area contributed by atoms with E-state index in [1.807, 2.05) is 26.0 Å². The van der Waals surface area contributed by atoms with Gasteiger partial charge in [-0.15, -0.1) is 12.6 Å². The highest BCUT2D eigenvalue weighted by molar-refractivity contribution is 7.81. The van der Waals surface area contributed by atoms with Crippen molar-refractivity contribution in [1.82, 2.24) is 15.2 Å².